The average Bonchev–Trinajstić information content (AvgIpc) is 2.88. The monoisotopic (exact) mass is 316 g/mol. The number of hydrogen-bond donors (Lipinski definition) is 1. The second-order valence-corrected chi connectivity index (χ2v) is 6.45. The lowest BCUT2D eigenvalue weighted by Crippen LogP contribution is -2.52. The van der Waals surface area contributed by atoms with Gasteiger partial charge in [-0.05, 0) is 38.5 Å². The first-order chi connectivity index (χ1) is 11.0. The van der Waals surface area contributed by atoms with Gasteiger partial charge >= 0.3 is 6.03 Å². The predicted octanol–water partition coefficient (Wildman–Crippen LogP) is 2.37. The average molecular weight is 316 g/mol. The molecule has 0 radical (unpaired) electrons. The Morgan fingerprint density at radius 2 is 2.04 bits per heavy atom. The van der Waals surface area contributed by atoms with Crippen molar-refractivity contribution in [3.63, 3.8) is 0 Å². The molecule has 1 N–H and O–H groups in total. The van der Waals surface area contributed by atoms with E-state index in [-0.39, 0.29) is 12.1 Å². The Kier molecular flexibility index (Phi) is 4.52. The zero-order valence-electron chi connectivity index (χ0n) is 14.0. The quantitative estimate of drug-likeness (QED) is 0.944. The number of urea groups is 1. The van der Waals surface area contributed by atoms with Crippen LogP contribution >= 0.6 is 0 Å². The van der Waals surface area contributed by atoms with Gasteiger partial charge in [-0.1, -0.05) is 6.07 Å². The van der Waals surface area contributed by atoms with Gasteiger partial charge in [0.1, 0.15) is 5.52 Å². The van der Waals surface area contributed by atoms with Crippen LogP contribution in [0.2, 0.25) is 0 Å². The van der Waals surface area contributed by atoms with Crippen LogP contribution in [-0.2, 0) is 6.54 Å². The first kappa shape index (κ1) is 15.8. The van der Waals surface area contributed by atoms with Gasteiger partial charge in [-0.15, -0.1) is 0 Å². The molecule has 0 bridgehead atoms. The SMILES string of the molecule is Cc1ccc2nc(CN3CCN(C(=O)NC(C)C)CC3)oc2c1. The van der Waals surface area contributed by atoms with E-state index in [1.807, 2.05) is 43.9 Å². The standard InChI is InChI=1S/C17H24N4O2/c1-12(2)18-17(22)21-8-6-20(7-9-21)11-16-19-14-5-4-13(3)10-15(14)23-16/h4-5,10,12H,6-9,11H2,1-3H3,(H,18,22). The first-order valence-corrected chi connectivity index (χ1v) is 8.15. The van der Waals surface area contributed by atoms with E-state index in [0.717, 1.165) is 43.2 Å². The van der Waals surface area contributed by atoms with Gasteiger partial charge in [0.15, 0.2) is 5.58 Å². The molecule has 1 aromatic carbocycles. The van der Waals surface area contributed by atoms with E-state index < -0.39 is 0 Å². The fraction of sp³-hybridized carbons (Fsp3) is 0.529. The molecule has 2 heterocycles. The van der Waals surface area contributed by atoms with Gasteiger partial charge in [-0.25, -0.2) is 9.78 Å². The summed E-state index contributed by atoms with van der Waals surface area (Å²) in [6, 6.07) is 6.24. The summed E-state index contributed by atoms with van der Waals surface area (Å²) in [5.41, 5.74) is 2.92. The van der Waals surface area contributed by atoms with E-state index in [1.54, 1.807) is 0 Å². The number of aromatic nitrogens is 1. The number of carbonyl (C=O) groups excluding carboxylic acids is 1. The number of benzene rings is 1. The maximum atomic E-state index is 12.0. The molecule has 0 unspecified atom stereocenters. The van der Waals surface area contributed by atoms with Crippen LogP contribution in [-0.4, -0.2) is 53.0 Å². The van der Waals surface area contributed by atoms with Gasteiger partial charge in [0.25, 0.3) is 0 Å². The second-order valence-electron chi connectivity index (χ2n) is 6.45. The van der Waals surface area contributed by atoms with Crippen molar-refractivity contribution >= 4 is 17.1 Å². The Bertz CT molecular complexity index is 687. The van der Waals surface area contributed by atoms with Crippen LogP contribution in [0.15, 0.2) is 22.6 Å². The maximum absolute atomic E-state index is 12.0. The molecule has 1 saturated heterocycles. The number of nitrogens with one attached hydrogen (secondary N) is 1. The molecule has 1 fully saturated rings. The maximum Gasteiger partial charge on any atom is 0.317 e. The number of amides is 2. The third-order valence-corrected chi connectivity index (χ3v) is 4.02. The van der Waals surface area contributed by atoms with Crippen LogP contribution in [0.4, 0.5) is 4.79 Å². The summed E-state index contributed by atoms with van der Waals surface area (Å²) in [6.45, 7) is 9.82. The zero-order valence-corrected chi connectivity index (χ0v) is 14.0. The van der Waals surface area contributed by atoms with Crippen LogP contribution < -0.4 is 5.32 Å². The van der Waals surface area contributed by atoms with E-state index in [2.05, 4.69) is 15.2 Å². The number of aryl methyl sites for hydroxylation is 1. The van der Waals surface area contributed by atoms with Crippen molar-refractivity contribution in [2.45, 2.75) is 33.4 Å². The molecular formula is C17H24N4O2. The first-order valence-electron chi connectivity index (χ1n) is 8.15. The Morgan fingerprint density at radius 1 is 1.30 bits per heavy atom. The van der Waals surface area contributed by atoms with Crippen molar-refractivity contribution in [2.24, 2.45) is 0 Å². The second kappa shape index (κ2) is 6.58. The number of carbonyl (C=O) groups is 1. The van der Waals surface area contributed by atoms with E-state index in [0.29, 0.717) is 6.54 Å². The van der Waals surface area contributed by atoms with Crippen LogP contribution in [0.5, 0.6) is 0 Å². The molecule has 3 rings (SSSR count). The lowest BCUT2D eigenvalue weighted by atomic mass is 10.2. The molecule has 0 saturated carbocycles. The van der Waals surface area contributed by atoms with E-state index in [9.17, 15) is 4.79 Å². The molecule has 124 valence electrons. The summed E-state index contributed by atoms with van der Waals surface area (Å²) in [7, 11) is 0. The highest BCUT2D eigenvalue weighted by molar-refractivity contribution is 5.74. The van der Waals surface area contributed by atoms with Crippen LogP contribution in [0.3, 0.4) is 0 Å². The predicted molar refractivity (Wildman–Crippen MR) is 89.3 cm³/mol. The van der Waals surface area contributed by atoms with Crippen molar-refractivity contribution in [3.05, 3.63) is 29.7 Å². The van der Waals surface area contributed by atoms with Gasteiger partial charge < -0.3 is 14.6 Å². The Labute approximate surface area is 136 Å². The molecule has 0 atom stereocenters. The molecule has 6 heteroatoms. The lowest BCUT2D eigenvalue weighted by Gasteiger charge is -2.34. The van der Waals surface area contributed by atoms with Gasteiger partial charge in [-0.2, -0.15) is 0 Å². The lowest BCUT2D eigenvalue weighted by molar-refractivity contribution is 0.128. The Hall–Kier alpha value is -2.08. The highest BCUT2D eigenvalue weighted by Gasteiger charge is 2.22. The molecule has 1 aliphatic heterocycles. The van der Waals surface area contributed by atoms with Gasteiger partial charge in [0.05, 0.1) is 6.54 Å². The number of hydrogen-bond acceptors (Lipinski definition) is 4. The van der Waals surface area contributed by atoms with Crippen molar-refractivity contribution < 1.29 is 9.21 Å². The molecule has 2 amide bonds. The minimum absolute atomic E-state index is 0.0250. The summed E-state index contributed by atoms with van der Waals surface area (Å²) < 4.78 is 5.83. The van der Waals surface area contributed by atoms with Gasteiger partial charge in [0, 0.05) is 32.2 Å². The Morgan fingerprint density at radius 3 is 2.74 bits per heavy atom. The number of rotatable bonds is 3. The fourth-order valence-electron chi connectivity index (χ4n) is 2.79. The summed E-state index contributed by atoms with van der Waals surface area (Å²) >= 11 is 0. The number of nitrogens with zero attached hydrogens (tertiary/aromatic N) is 3. The smallest absolute Gasteiger partial charge is 0.317 e. The minimum atomic E-state index is 0.0250. The minimum Gasteiger partial charge on any atom is -0.439 e. The highest BCUT2D eigenvalue weighted by atomic mass is 16.3. The molecule has 6 nitrogen and oxygen atoms in total. The third kappa shape index (κ3) is 3.82. The summed E-state index contributed by atoms with van der Waals surface area (Å²) in [6.07, 6.45) is 0. The Balaban J connectivity index is 1.56. The normalized spacial score (nSPS) is 16.3. The third-order valence-electron chi connectivity index (χ3n) is 4.02. The van der Waals surface area contributed by atoms with E-state index in [4.69, 9.17) is 4.42 Å². The van der Waals surface area contributed by atoms with E-state index in [1.165, 1.54) is 5.56 Å². The zero-order chi connectivity index (χ0) is 16.4. The molecule has 23 heavy (non-hydrogen) atoms. The number of piperazine rings is 1. The van der Waals surface area contributed by atoms with Crippen LogP contribution in [0.1, 0.15) is 25.3 Å². The van der Waals surface area contributed by atoms with Crippen molar-refractivity contribution in [3.8, 4) is 0 Å². The molecular weight excluding hydrogens is 292 g/mol. The molecule has 2 aromatic rings. The number of oxazole rings is 1. The molecule has 0 spiro atoms. The van der Waals surface area contributed by atoms with Crippen molar-refractivity contribution in [1.82, 2.24) is 20.1 Å². The van der Waals surface area contributed by atoms with Crippen molar-refractivity contribution in [2.75, 3.05) is 26.2 Å². The van der Waals surface area contributed by atoms with Gasteiger partial charge in [-0.3, -0.25) is 4.90 Å². The van der Waals surface area contributed by atoms with Crippen LogP contribution in [0, 0.1) is 6.92 Å². The molecule has 1 aliphatic rings. The summed E-state index contributed by atoms with van der Waals surface area (Å²) in [5, 5.41) is 2.94. The topological polar surface area (TPSA) is 61.6 Å². The summed E-state index contributed by atoms with van der Waals surface area (Å²) in [4.78, 5) is 20.7. The summed E-state index contributed by atoms with van der Waals surface area (Å²) in [5.74, 6) is 0.741. The van der Waals surface area contributed by atoms with Crippen molar-refractivity contribution in [1.29, 1.82) is 0 Å². The molecule has 0 aliphatic carbocycles. The fourth-order valence-corrected chi connectivity index (χ4v) is 2.79. The van der Waals surface area contributed by atoms with E-state index >= 15 is 0 Å². The van der Waals surface area contributed by atoms with Crippen LogP contribution in [0.25, 0.3) is 11.1 Å². The highest BCUT2D eigenvalue weighted by Crippen LogP contribution is 2.18. The molecule has 1 aromatic heterocycles. The van der Waals surface area contributed by atoms with Gasteiger partial charge in [0.2, 0.25) is 5.89 Å². The largest absolute Gasteiger partial charge is 0.439 e. The number of fused-ring (bicyclic) bond motifs is 1.